The fourth-order valence-electron chi connectivity index (χ4n) is 2.92. The Kier molecular flexibility index (Phi) is 9.43. The molecule has 1 aliphatic heterocycles. The van der Waals surface area contributed by atoms with Crippen molar-refractivity contribution in [1.29, 1.82) is 0 Å². The zero-order valence-electron chi connectivity index (χ0n) is 15.2. The number of likely N-dealkylation sites (tertiary alicyclic amines) is 1. The number of rotatable bonds is 5. The molecule has 0 saturated carbocycles. The summed E-state index contributed by atoms with van der Waals surface area (Å²) in [6.45, 7) is 7.58. The Morgan fingerprint density at radius 2 is 2.04 bits per heavy atom. The highest BCUT2D eigenvalue weighted by Crippen LogP contribution is 2.14. The van der Waals surface area contributed by atoms with E-state index in [9.17, 15) is 0 Å². The van der Waals surface area contributed by atoms with Crippen LogP contribution in [0, 0.1) is 0 Å². The van der Waals surface area contributed by atoms with Crippen LogP contribution >= 0.6 is 24.0 Å². The predicted molar refractivity (Wildman–Crippen MR) is 111 cm³/mol. The molecule has 0 aromatic heterocycles. The predicted octanol–water partition coefficient (Wildman–Crippen LogP) is 2.85. The molecule has 1 fully saturated rings. The zero-order valence-corrected chi connectivity index (χ0v) is 17.5. The van der Waals surface area contributed by atoms with Crippen LogP contribution in [0.3, 0.4) is 0 Å². The molecule has 0 radical (unpaired) electrons. The van der Waals surface area contributed by atoms with E-state index < -0.39 is 0 Å². The molecule has 5 nitrogen and oxygen atoms in total. The molecule has 2 N–H and O–H groups in total. The smallest absolute Gasteiger partial charge is 0.191 e. The maximum Gasteiger partial charge on any atom is 0.191 e. The second kappa shape index (κ2) is 10.8. The minimum absolute atomic E-state index is 0. The van der Waals surface area contributed by atoms with E-state index in [1.807, 2.05) is 25.2 Å². The van der Waals surface area contributed by atoms with Gasteiger partial charge in [0.1, 0.15) is 5.75 Å². The molecule has 0 amide bonds. The molecule has 1 aromatic carbocycles. The van der Waals surface area contributed by atoms with Crippen LogP contribution in [0.15, 0.2) is 29.3 Å². The van der Waals surface area contributed by atoms with E-state index in [0.717, 1.165) is 44.2 Å². The van der Waals surface area contributed by atoms with Crippen molar-refractivity contribution in [2.75, 3.05) is 27.2 Å². The molecule has 0 atom stereocenters. The number of benzene rings is 1. The molecule has 6 heteroatoms. The van der Waals surface area contributed by atoms with Gasteiger partial charge in [-0.3, -0.25) is 4.99 Å². The fourth-order valence-corrected chi connectivity index (χ4v) is 2.92. The number of nitrogens with one attached hydrogen (secondary N) is 2. The first-order valence-electron chi connectivity index (χ1n) is 8.46. The Labute approximate surface area is 163 Å². The molecule has 1 aromatic rings. The van der Waals surface area contributed by atoms with Crippen molar-refractivity contribution in [3.05, 3.63) is 29.8 Å². The van der Waals surface area contributed by atoms with E-state index in [1.54, 1.807) is 7.11 Å². The summed E-state index contributed by atoms with van der Waals surface area (Å²) < 4.78 is 5.26. The van der Waals surface area contributed by atoms with Gasteiger partial charge in [0.15, 0.2) is 5.96 Å². The summed E-state index contributed by atoms with van der Waals surface area (Å²) in [7, 11) is 3.51. The summed E-state index contributed by atoms with van der Waals surface area (Å²) in [5, 5.41) is 6.93. The molecular weight excluding hydrogens is 415 g/mol. The molecular formula is C18H31IN4O. The number of halogens is 1. The summed E-state index contributed by atoms with van der Waals surface area (Å²) in [4.78, 5) is 6.88. The largest absolute Gasteiger partial charge is 0.497 e. The summed E-state index contributed by atoms with van der Waals surface area (Å²) >= 11 is 0. The quantitative estimate of drug-likeness (QED) is 0.415. The lowest BCUT2D eigenvalue weighted by molar-refractivity contribution is 0.167. The number of aliphatic imine (C=N–C) groups is 1. The third kappa shape index (κ3) is 6.47. The molecule has 1 aliphatic rings. The Hall–Kier alpha value is -1.02. The topological polar surface area (TPSA) is 48.9 Å². The second-order valence-electron chi connectivity index (χ2n) is 6.33. The third-order valence-corrected chi connectivity index (χ3v) is 4.42. The first-order chi connectivity index (χ1) is 11.1. The van der Waals surface area contributed by atoms with Crippen LogP contribution in [-0.4, -0.2) is 50.2 Å². The third-order valence-electron chi connectivity index (χ3n) is 4.42. The summed E-state index contributed by atoms with van der Waals surface area (Å²) in [6.07, 6.45) is 2.33. The molecule has 2 rings (SSSR count). The number of nitrogens with zero attached hydrogens (tertiary/aromatic N) is 2. The van der Waals surface area contributed by atoms with Crippen molar-refractivity contribution in [3.8, 4) is 5.75 Å². The molecule has 0 bridgehead atoms. The Morgan fingerprint density at radius 3 is 2.62 bits per heavy atom. The fraction of sp³-hybridized carbons (Fsp3) is 0.611. The van der Waals surface area contributed by atoms with Crippen molar-refractivity contribution >= 4 is 29.9 Å². The number of hydrogen-bond donors (Lipinski definition) is 2. The first-order valence-corrected chi connectivity index (χ1v) is 8.46. The SMILES string of the molecule is CN=C(NCc1cccc(OC)c1)NC1CCN(C(C)C)CC1.I. The number of methoxy groups -OCH3 is 1. The average molecular weight is 446 g/mol. The second-order valence-corrected chi connectivity index (χ2v) is 6.33. The van der Waals surface area contributed by atoms with Gasteiger partial charge in [0, 0.05) is 38.8 Å². The van der Waals surface area contributed by atoms with Gasteiger partial charge in [-0.25, -0.2) is 0 Å². The number of piperidine rings is 1. The lowest BCUT2D eigenvalue weighted by Gasteiger charge is -2.35. The highest BCUT2D eigenvalue weighted by atomic mass is 127. The normalized spacial score (nSPS) is 16.6. The van der Waals surface area contributed by atoms with E-state index in [-0.39, 0.29) is 24.0 Å². The molecule has 136 valence electrons. The van der Waals surface area contributed by atoms with Crippen LogP contribution < -0.4 is 15.4 Å². The zero-order chi connectivity index (χ0) is 16.7. The van der Waals surface area contributed by atoms with Gasteiger partial charge in [-0.05, 0) is 44.4 Å². The monoisotopic (exact) mass is 446 g/mol. The lowest BCUT2D eigenvalue weighted by Crippen LogP contribution is -2.49. The highest BCUT2D eigenvalue weighted by molar-refractivity contribution is 14.0. The first kappa shape index (κ1) is 21.0. The van der Waals surface area contributed by atoms with E-state index in [0.29, 0.717) is 12.1 Å². The van der Waals surface area contributed by atoms with E-state index in [2.05, 4.69) is 40.4 Å². The van der Waals surface area contributed by atoms with Crippen molar-refractivity contribution in [2.45, 2.75) is 45.3 Å². The average Bonchev–Trinajstić information content (AvgIpc) is 2.59. The van der Waals surface area contributed by atoms with E-state index in [1.165, 1.54) is 5.56 Å². The van der Waals surface area contributed by atoms with E-state index >= 15 is 0 Å². The standard InChI is InChI=1S/C18H30N4O.HI/c1-14(2)22-10-8-16(9-11-22)21-18(19-3)20-13-15-6-5-7-17(12-15)23-4;/h5-7,12,14,16H,8-11,13H2,1-4H3,(H2,19,20,21);1H. The molecule has 0 spiro atoms. The van der Waals surface area contributed by atoms with Crippen LogP contribution in [0.4, 0.5) is 0 Å². The lowest BCUT2D eigenvalue weighted by atomic mass is 10.0. The Balaban J connectivity index is 0.00000288. The van der Waals surface area contributed by atoms with Crippen molar-refractivity contribution in [2.24, 2.45) is 4.99 Å². The molecule has 0 aliphatic carbocycles. The minimum atomic E-state index is 0. The molecule has 0 unspecified atom stereocenters. The highest BCUT2D eigenvalue weighted by Gasteiger charge is 2.21. The van der Waals surface area contributed by atoms with Crippen molar-refractivity contribution in [3.63, 3.8) is 0 Å². The van der Waals surface area contributed by atoms with Crippen LogP contribution in [0.2, 0.25) is 0 Å². The van der Waals surface area contributed by atoms with Gasteiger partial charge >= 0.3 is 0 Å². The maximum absolute atomic E-state index is 5.26. The van der Waals surface area contributed by atoms with Crippen molar-refractivity contribution in [1.82, 2.24) is 15.5 Å². The summed E-state index contributed by atoms with van der Waals surface area (Å²) in [6, 6.07) is 9.24. The minimum Gasteiger partial charge on any atom is -0.497 e. The van der Waals surface area contributed by atoms with Gasteiger partial charge in [0.25, 0.3) is 0 Å². The van der Waals surface area contributed by atoms with Crippen LogP contribution in [0.1, 0.15) is 32.3 Å². The van der Waals surface area contributed by atoms with Gasteiger partial charge in [-0.2, -0.15) is 0 Å². The van der Waals surface area contributed by atoms with Crippen LogP contribution in [0.25, 0.3) is 0 Å². The van der Waals surface area contributed by atoms with Gasteiger partial charge in [0.2, 0.25) is 0 Å². The van der Waals surface area contributed by atoms with Crippen molar-refractivity contribution < 1.29 is 4.74 Å². The van der Waals surface area contributed by atoms with Gasteiger partial charge < -0.3 is 20.3 Å². The van der Waals surface area contributed by atoms with Gasteiger partial charge in [-0.15, -0.1) is 24.0 Å². The number of ether oxygens (including phenoxy) is 1. The van der Waals surface area contributed by atoms with Gasteiger partial charge in [0.05, 0.1) is 7.11 Å². The Morgan fingerprint density at radius 1 is 1.33 bits per heavy atom. The maximum atomic E-state index is 5.26. The number of hydrogen-bond acceptors (Lipinski definition) is 3. The molecule has 1 heterocycles. The van der Waals surface area contributed by atoms with Crippen LogP contribution in [0.5, 0.6) is 5.75 Å². The molecule has 1 saturated heterocycles. The summed E-state index contributed by atoms with van der Waals surface area (Å²) in [5.74, 6) is 1.75. The number of guanidine groups is 1. The van der Waals surface area contributed by atoms with Gasteiger partial charge in [-0.1, -0.05) is 12.1 Å². The van der Waals surface area contributed by atoms with Crippen LogP contribution in [-0.2, 0) is 6.54 Å². The Bertz CT molecular complexity index is 513. The van der Waals surface area contributed by atoms with E-state index in [4.69, 9.17) is 4.74 Å². The molecule has 24 heavy (non-hydrogen) atoms. The summed E-state index contributed by atoms with van der Waals surface area (Å²) in [5.41, 5.74) is 1.18.